The Balaban J connectivity index is 2.27. The number of ketones is 1. The van der Waals surface area contributed by atoms with Gasteiger partial charge >= 0.3 is 6.03 Å². The highest BCUT2D eigenvalue weighted by Gasteiger charge is 2.29. The van der Waals surface area contributed by atoms with E-state index in [-0.39, 0.29) is 24.0 Å². The zero-order valence-corrected chi connectivity index (χ0v) is 8.93. The summed E-state index contributed by atoms with van der Waals surface area (Å²) in [7, 11) is 0. The quantitative estimate of drug-likeness (QED) is 0.349. The standard InChI is InChI=1S/C10H12N4O3/c11-10(17)14-13-8-1-6-5(4-15)3-12-7(6)2-9(8)16/h1-2,5,12,15H,3-4H2,(H3,11,14,17). The number of nitrogens with zero attached hydrogens (tertiary/aromatic N) is 1. The maximum Gasteiger partial charge on any atom is 0.332 e. The van der Waals surface area contributed by atoms with Gasteiger partial charge in [-0.25, -0.2) is 10.2 Å². The third kappa shape index (κ3) is 2.18. The van der Waals surface area contributed by atoms with Crippen LogP contribution in [0, 0.1) is 5.92 Å². The molecule has 0 aromatic rings. The Morgan fingerprint density at radius 2 is 2.41 bits per heavy atom. The van der Waals surface area contributed by atoms with Gasteiger partial charge in [-0.1, -0.05) is 0 Å². The van der Waals surface area contributed by atoms with E-state index in [2.05, 4.69) is 10.4 Å². The molecule has 1 unspecified atom stereocenters. The number of urea groups is 1. The van der Waals surface area contributed by atoms with Crippen LogP contribution in [0.3, 0.4) is 0 Å². The van der Waals surface area contributed by atoms with Gasteiger partial charge < -0.3 is 16.2 Å². The number of hydrogen-bond acceptors (Lipinski definition) is 5. The van der Waals surface area contributed by atoms with Gasteiger partial charge in [-0.3, -0.25) is 4.79 Å². The molecular weight excluding hydrogens is 224 g/mol. The van der Waals surface area contributed by atoms with E-state index in [4.69, 9.17) is 10.8 Å². The molecule has 1 aliphatic heterocycles. The van der Waals surface area contributed by atoms with E-state index in [0.717, 1.165) is 5.57 Å². The molecule has 0 saturated carbocycles. The molecule has 2 rings (SSSR count). The van der Waals surface area contributed by atoms with E-state index in [1.165, 1.54) is 6.08 Å². The summed E-state index contributed by atoms with van der Waals surface area (Å²) in [6.07, 6.45) is 2.95. The number of hydrogen-bond donors (Lipinski definition) is 4. The molecule has 0 spiro atoms. The largest absolute Gasteiger partial charge is 0.396 e. The lowest BCUT2D eigenvalue weighted by molar-refractivity contribution is -0.108. The number of carbonyl (C=O) groups excluding carboxylic acids is 2. The molecular formula is C10H12N4O3. The number of nitrogens with one attached hydrogen (secondary N) is 2. The number of primary amides is 1. The van der Waals surface area contributed by atoms with Gasteiger partial charge in [-0.05, 0) is 11.6 Å². The summed E-state index contributed by atoms with van der Waals surface area (Å²) in [5.41, 5.74) is 8.49. The van der Waals surface area contributed by atoms with Gasteiger partial charge in [0, 0.05) is 24.2 Å². The Labute approximate surface area is 97.1 Å². The maximum atomic E-state index is 11.6. The first-order valence-electron chi connectivity index (χ1n) is 5.07. The van der Waals surface area contributed by atoms with Crippen LogP contribution in [0.4, 0.5) is 4.79 Å². The summed E-state index contributed by atoms with van der Waals surface area (Å²) in [6, 6.07) is -0.832. The van der Waals surface area contributed by atoms with Gasteiger partial charge in [0.15, 0.2) is 0 Å². The fourth-order valence-electron chi connectivity index (χ4n) is 1.78. The van der Waals surface area contributed by atoms with Crippen LogP contribution in [0.2, 0.25) is 0 Å². The summed E-state index contributed by atoms with van der Waals surface area (Å²) in [5, 5.41) is 15.8. The summed E-state index contributed by atoms with van der Waals surface area (Å²) in [4.78, 5) is 22.1. The number of fused-ring (bicyclic) bond motifs is 1. The van der Waals surface area contributed by atoms with Crippen LogP contribution in [-0.2, 0) is 4.79 Å². The molecule has 0 bridgehead atoms. The average Bonchev–Trinajstić information content (AvgIpc) is 2.67. The molecule has 5 N–H and O–H groups in total. The molecule has 1 aliphatic carbocycles. The Morgan fingerprint density at radius 1 is 1.65 bits per heavy atom. The van der Waals surface area contributed by atoms with Crippen molar-refractivity contribution >= 4 is 17.5 Å². The van der Waals surface area contributed by atoms with Gasteiger partial charge in [0.05, 0.1) is 6.61 Å². The van der Waals surface area contributed by atoms with Crippen LogP contribution in [0.15, 0.2) is 28.5 Å². The molecule has 1 fully saturated rings. The molecule has 1 heterocycles. The zero-order chi connectivity index (χ0) is 12.4. The summed E-state index contributed by atoms with van der Waals surface area (Å²) < 4.78 is 0. The van der Waals surface area contributed by atoms with E-state index in [1.807, 2.05) is 5.43 Å². The fourth-order valence-corrected chi connectivity index (χ4v) is 1.78. The number of aliphatic hydroxyl groups excluding tert-OH is 1. The summed E-state index contributed by atoms with van der Waals surface area (Å²) >= 11 is 0. The predicted octanol–water partition coefficient (Wildman–Crippen LogP) is -1.38. The van der Waals surface area contributed by atoms with Crippen molar-refractivity contribution in [2.75, 3.05) is 13.2 Å². The highest BCUT2D eigenvalue weighted by atomic mass is 16.3. The van der Waals surface area contributed by atoms with E-state index < -0.39 is 6.03 Å². The summed E-state index contributed by atoms with van der Waals surface area (Å²) in [5.74, 6) is -0.378. The van der Waals surface area contributed by atoms with Crippen molar-refractivity contribution in [3.63, 3.8) is 0 Å². The lowest BCUT2D eigenvalue weighted by Crippen LogP contribution is -2.28. The molecule has 0 radical (unpaired) electrons. The fraction of sp³-hybridized carbons (Fsp3) is 0.300. The highest BCUT2D eigenvalue weighted by molar-refractivity contribution is 6.49. The molecule has 90 valence electrons. The normalized spacial score (nSPS) is 24.9. The van der Waals surface area contributed by atoms with Gasteiger partial charge in [0.1, 0.15) is 5.71 Å². The molecule has 0 aromatic carbocycles. The molecule has 17 heavy (non-hydrogen) atoms. The topological polar surface area (TPSA) is 117 Å². The second kappa shape index (κ2) is 4.38. The van der Waals surface area contributed by atoms with Crippen LogP contribution in [0.5, 0.6) is 0 Å². The first-order chi connectivity index (χ1) is 8.11. The second-order valence-electron chi connectivity index (χ2n) is 3.76. The number of hydrazone groups is 1. The van der Waals surface area contributed by atoms with Crippen molar-refractivity contribution in [3.8, 4) is 0 Å². The smallest absolute Gasteiger partial charge is 0.332 e. The van der Waals surface area contributed by atoms with Crippen molar-refractivity contribution in [2.45, 2.75) is 0 Å². The van der Waals surface area contributed by atoms with E-state index in [1.54, 1.807) is 6.08 Å². The van der Waals surface area contributed by atoms with E-state index >= 15 is 0 Å². The minimum Gasteiger partial charge on any atom is -0.396 e. The third-order valence-electron chi connectivity index (χ3n) is 2.62. The number of nitrogens with two attached hydrogens (primary N) is 1. The number of aliphatic hydroxyl groups is 1. The highest BCUT2D eigenvalue weighted by Crippen LogP contribution is 2.26. The molecule has 1 saturated heterocycles. The Bertz CT molecular complexity index is 464. The molecule has 0 aromatic heterocycles. The van der Waals surface area contributed by atoms with Crippen LogP contribution in [0.1, 0.15) is 0 Å². The van der Waals surface area contributed by atoms with Crippen LogP contribution >= 0.6 is 0 Å². The lowest BCUT2D eigenvalue weighted by atomic mass is 9.94. The minimum atomic E-state index is -0.832. The number of allylic oxidation sites excluding steroid dienone is 3. The van der Waals surface area contributed by atoms with Gasteiger partial charge in [0.25, 0.3) is 0 Å². The monoisotopic (exact) mass is 236 g/mol. The van der Waals surface area contributed by atoms with Crippen molar-refractivity contribution < 1.29 is 14.7 Å². The first kappa shape index (κ1) is 11.3. The predicted molar refractivity (Wildman–Crippen MR) is 59.9 cm³/mol. The number of amides is 2. The van der Waals surface area contributed by atoms with Gasteiger partial charge in [-0.15, -0.1) is 0 Å². The van der Waals surface area contributed by atoms with Crippen LogP contribution in [-0.4, -0.2) is 35.8 Å². The Hall–Kier alpha value is -2.15. The zero-order valence-electron chi connectivity index (χ0n) is 8.93. The molecule has 2 aliphatic rings. The SMILES string of the molecule is NC(=O)NN=C1C=C2C(=CC1=O)NCC2CO. The van der Waals surface area contributed by atoms with Crippen molar-refractivity contribution in [1.82, 2.24) is 10.7 Å². The van der Waals surface area contributed by atoms with Crippen molar-refractivity contribution in [1.29, 1.82) is 0 Å². The second-order valence-corrected chi connectivity index (χ2v) is 3.76. The van der Waals surface area contributed by atoms with Gasteiger partial charge in [0.2, 0.25) is 5.78 Å². The van der Waals surface area contributed by atoms with E-state index in [9.17, 15) is 9.59 Å². The average molecular weight is 236 g/mol. The molecule has 2 amide bonds. The molecule has 7 heteroatoms. The Kier molecular flexibility index (Phi) is 2.92. The Morgan fingerprint density at radius 3 is 3.06 bits per heavy atom. The van der Waals surface area contributed by atoms with Crippen LogP contribution < -0.4 is 16.5 Å². The third-order valence-corrected chi connectivity index (χ3v) is 2.62. The van der Waals surface area contributed by atoms with Gasteiger partial charge in [-0.2, -0.15) is 5.10 Å². The lowest BCUT2D eigenvalue weighted by Gasteiger charge is -2.11. The molecule has 1 atom stereocenters. The molecule has 7 nitrogen and oxygen atoms in total. The van der Waals surface area contributed by atoms with Crippen LogP contribution in [0.25, 0.3) is 0 Å². The minimum absolute atomic E-state index is 0.0130. The first-order valence-corrected chi connectivity index (χ1v) is 5.07. The number of carbonyl (C=O) groups is 2. The van der Waals surface area contributed by atoms with E-state index in [0.29, 0.717) is 12.2 Å². The van der Waals surface area contributed by atoms with Crippen molar-refractivity contribution in [3.05, 3.63) is 23.4 Å². The summed E-state index contributed by atoms with van der Waals surface area (Å²) in [6.45, 7) is 0.568. The number of rotatable bonds is 2. The maximum absolute atomic E-state index is 11.6. The van der Waals surface area contributed by atoms with Crippen molar-refractivity contribution in [2.24, 2.45) is 16.8 Å².